The lowest BCUT2D eigenvalue weighted by Gasteiger charge is -2.40. The minimum absolute atomic E-state index is 0.0878. The summed E-state index contributed by atoms with van der Waals surface area (Å²) < 4.78 is 29.5. The third-order valence-electron chi connectivity index (χ3n) is 7.42. The van der Waals surface area contributed by atoms with E-state index in [0.717, 1.165) is 46.9 Å². The molecular formula is C30H32F2N4O2S. The van der Waals surface area contributed by atoms with Crippen LogP contribution in [0, 0.1) is 11.6 Å². The monoisotopic (exact) mass is 550 g/mol. The lowest BCUT2D eigenvalue weighted by molar-refractivity contribution is -0.120. The quantitative estimate of drug-likeness (QED) is 0.287. The van der Waals surface area contributed by atoms with E-state index in [1.54, 1.807) is 11.3 Å². The molecule has 4 aromatic rings. The molecule has 0 radical (unpaired) electrons. The Bertz CT molecular complexity index is 1430. The van der Waals surface area contributed by atoms with Crippen LogP contribution in [0.3, 0.4) is 0 Å². The molecule has 0 saturated heterocycles. The van der Waals surface area contributed by atoms with Gasteiger partial charge in [0.05, 0.1) is 17.8 Å². The van der Waals surface area contributed by atoms with Gasteiger partial charge in [-0.3, -0.25) is 9.48 Å². The number of aryl methyl sites for hydroxylation is 2. The van der Waals surface area contributed by atoms with Gasteiger partial charge in [-0.05, 0) is 88.5 Å². The number of aliphatic hydroxyl groups excluding tert-OH is 1. The van der Waals surface area contributed by atoms with Crippen molar-refractivity contribution < 1.29 is 18.7 Å². The number of carbonyl (C=O) groups excluding carboxylic acids is 1. The van der Waals surface area contributed by atoms with Crippen LogP contribution in [-0.2, 0) is 36.6 Å². The molecule has 2 aromatic carbocycles. The average Bonchev–Trinajstić information content (AvgIpc) is 3.55. The summed E-state index contributed by atoms with van der Waals surface area (Å²) >= 11 is 1.65. The summed E-state index contributed by atoms with van der Waals surface area (Å²) in [6.45, 7) is 1.53. The molecule has 0 fully saturated rings. The Hall–Kier alpha value is -3.40. The van der Waals surface area contributed by atoms with E-state index in [1.165, 1.54) is 19.1 Å². The van der Waals surface area contributed by atoms with Crippen LogP contribution in [0.4, 0.5) is 8.78 Å². The summed E-state index contributed by atoms with van der Waals surface area (Å²) in [6.07, 6.45) is 3.37. The summed E-state index contributed by atoms with van der Waals surface area (Å²) in [5.74, 6) is -1.72. The highest BCUT2D eigenvalue weighted by Gasteiger charge is 2.38. The molecule has 1 aliphatic rings. The number of aromatic nitrogens is 2. The molecule has 39 heavy (non-hydrogen) atoms. The van der Waals surface area contributed by atoms with Gasteiger partial charge in [-0.15, -0.1) is 0 Å². The highest BCUT2D eigenvalue weighted by Crippen LogP contribution is 2.38. The summed E-state index contributed by atoms with van der Waals surface area (Å²) in [7, 11) is 1.92. The van der Waals surface area contributed by atoms with Crippen molar-refractivity contribution in [3.05, 3.63) is 99.5 Å². The second-order valence-electron chi connectivity index (χ2n) is 10.4. The maximum absolute atomic E-state index is 13.8. The van der Waals surface area contributed by atoms with Crippen LogP contribution in [0.2, 0.25) is 0 Å². The van der Waals surface area contributed by atoms with Gasteiger partial charge in [-0.2, -0.15) is 16.4 Å². The van der Waals surface area contributed by atoms with Crippen LogP contribution in [0.15, 0.2) is 65.5 Å². The normalized spacial score (nSPS) is 18.4. The maximum atomic E-state index is 13.8. The number of nitrogens with one attached hydrogen (secondary N) is 2. The molecule has 0 saturated carbocycles. The van der Waals surface area contributed by atoms with E-state index in [2.05, 4.69) is 56.8 Å². The van der Waals surface area contributed by atoms with E-state index in [4.69, 9.17) is 0 Å². The zero-order chi connectivity index (χ0) is 27.6. The summed E-state index contributed by atoms with van der Waals surface area (Å²) in [5.41, 5.74) is 5.50. The molecule has 2 aromatic heterocycles. The minimum Gasteiger partial charge on any atom is -0.390 e. The van der Waals surface area contributed by atoms with Crippen LogP contribution in [0.5, 0.6) is 0 Å². The molecule has 2 heterocycles. The number of benzene rings is 2. The predicted octanol–water partition coefficient (Wildman–Crippen LogP) is 4.51. The molecule has 204 valence electrons. The van der Waals surface area contributed by atoms with Crippen LogP contribution >= 0.6 is 11.3 Å². The third-order valence-corrected chi connectivity index (χ3v) is 8.11. The van der Waals surface area contributed by atoms with Gasteiger partial charge in [0.1, 0.15) is 11.6 Å². The van der Waals surface area contributed by atoms with E-state index in [0.29, 0.717) is 12.0 Å². The molecule has 1 aliphatic carbocycles. The van der Waals surface area contributed by atoms with E-state index >= 15 is 0 Å². The van der Waals surface area contributed by atoms with Crippen molar-refractivity contribution in [1.82, 2.24) is 20.4 Å². The second-order valence-corrected chi connectivity index (χ2v) is 11.1. The Balaban J connectivity index is 1.42. The molecule has 3 atom stereocenters. The number of aliphatic hydroxyl groups is 1. The number of thiophene rings is 1. The molecule has 9 heteroatoms. The van der Waals surface area contributed by atoms with E-state index < -0.39 is 29.3 Å². The fourth-order valence-corrected chi connectivity index (χ4v) is 6.25. The van der Waals surface area contributed by atoms with Crippen molar-refractivity contribution in [3.8, 4) is 11.1 Å². The number of fused-ring (bicyclic) bond motifs is 1. The van der Waals surface area contributed by atoms with Gasteiger partial charge >= 0.3 is 0 Å². The molecule has 3 N–H and O–H groups in total. The van der Waals surface area contributed by atoms with Crippen molar-refractivity contribution in [2.75, 3.05) is 6.54 Å². The topological polar surface area (TPSA) is 79.2 Å². The predicted molar refractivity (Wildman–Crippen MR) is 148 cm³/mol. The number of nitrogens with zero attached hydrogens (tertiary/aromatic N) is 2. The molecular weight excluding hydrogens is 518 g/mol. The summed E-state index contributed by atoms with van der Waals surface area (Å²) in [4.78, 5) is 12.0. The lowest BCUT2D eigenvalue weighted by atomic mass is 9.75. The molecule has 6 nitrogen and oxygen atoms in total. The molecule has 0 bridgehead atoms. The number of hydrogen-bond donors (Lipinski definition) is 3. The first-order valence-corrected chi connectivity index (χ1v) is 13.9. The van der Waals surface area contributed by atoms with Crippen molar-refractivity contribution in [2.24, 2.45) is 7.05 Å². The second kappa shape index (κ2) is 11.4. The van der Waals surface area contributed by atoms with E-state index in [9.17, 15) is 18.7 Å². The van der Waals surface area contributed by atoms with Gasteiger partial charge in [0.25, 0.3) is 0 Å². The maximum Gasteiger partial charge on any atom is 0.217 e. The first-order chi connectivity index (χ1) is 18.7. The van der Waals surface area contributed by atoms with Crippen LogP contribution in [0.1, 0.15) is 35.7 Å². The molecule has 0 spiro atoms. The Morgan fingerprint density at radius 1 is 1.18 bits per heavy atom. The van der Waals surface area contributed by atoms with Crippen molar-refractivity contribution >= 4 is 17.2 Å². The van der Waals surface area contributed by atoms with Crippen molar-refractivity contribution in [1.29, 1.82) is 0 Å². The van der Waals surface area contributed by atoms with Gasteiger partial charge in [-0.25, -0.2) is 8.78 Å². The number of hydrogen-bond acceptors (Lipinski definition) is 5. The molecule has 5 rings (SSSR count). The SMILES string of the molecule is CC(=O)N[C@@H](Cc1cc(F)cc(F)c1)[C@H](O)CNC1(c2cccc(-c3ccsc3)c2)CCc2nn(C)cc2C1. The average molecular weight is 551 g/mol. The zero-order valence-electron chi connectivity index (χ0n) is 22.0. The smallest absolute Gasteiger partial charge is 0.217 e. The molecule has 1 amide bonds. The van der Waals surface area contributed by atoms with Crippen molar-refractivity contribution in [2.45, 2.75) is 50.3 Å². The van der Waals surface area contributed by atoms with E-state index in [-0.39, 0.29) is 18.9 Å². The summed E-state index contributed by atoms with van der Waals surface area (Å²) in [5, 5.41) is 26.5. The van der Waals surface area contributed by atoms with Gasteiger partial charge in [0.2, 0.25) is 5.91 Å². The van der Waals surface area contributed by atoms with Gasteiger partial charge in [0.15, 0.2) is 0 Å². The Morgan fingerprint density at radius 2 is 1.97 bits per heavy atom. The minimum atomic E-state index is -1.01. The number of halogens is 2. The Morgan fingerprint density at radius 3 is 2.69 bits per heavy atom. The highest BCUT2D eigenvalue weighted by atomic mass is 32.1. The first-order valence-electron chi connectivity index (χ1n) is 13.0. The number of carbonyl (C=O) groups is 1. The number of rotatable bonds is 9. The third kappa shape index (κ3) is 6.27. The summed E-state index contributed by atoms with van der Waals surface area (Å²) in [6, 6.07) is 13.1. The van der Waals surface area contributed by atoms with Crippen LogP contribution in [0.25, 0.3) is 11.1 Å². The Kier molecular flexibility index (Phi) is 7.93. The standard InChI is InChI=1S/C30H32F2N4O2S/c1-19(37)34-28(12-20-10-25(31)14-26(32)11-20)29(38)16-33-30(8-6-27-23(15-30)17-36(2)35-27)24-5-3-4-21(13-24)22-7-9-39-18-22/h3-5,7,9-11,13-14,17-18,28-29,33,38H,6,8,12,15-16H2,1-2H3,(H,34,37)/t28-,29+,30?/m0/s1. The number of amides is 1. The van der Waals surface area contributed by atoms with Gasteiger partial charge in [-0.1, -0.05) is 18.2 Å². The fourth-order valence-electron chi connectivity index (χ4n) is 5.58. The van der Waals surface area contributed by atoms with Gasteiger partial charge in [0, 0.05) is 38.3 Å². The first kappa shape index (κ1) is 27.2. The van der Waals surface area contributed by atoms with E-state index in [1.807, 2.05) is 17.9 Å². The van der Waals surface area contributed by atoms with Gasteiger partial charge < -0.3 is 15.7 Å². The highest BCUT2D eigenvalue weighted by molar-refractivity contribution is 7.08. The van der Waals surface area contributed by atoms with Crippen LogP contribution < -0.4 is 10.6 Å². The zero-order valence-corrected chi connectivity index (χ0v) is 22.8. The Labute approximate surface area is 230 Å². The molecule has 0 aliphatic heterocycles. The molecule has 1 unspecified atom stereocenters. The fraction of sp³-hybridized carbons (Fsp3) is 0.333. The lowest BCUT2D eigenvalue weighted by Crippen LogP contribution is -2.54. The van der Waals surface area contributed by atoms with Crippen LogP contribution in [-0.4, -0.2) is 39.5 Å². The van der Waals surface area contributed by atoms with Crippen molar-refractivity contribution in [3.63, 3.8) is 0 Å². The largest absolute Gasteiger partial charge is 0.390 e.